The second-order valence-corrected chi connectivity index (χ2v) is 6.81. The molecule has 1 aliphatic heterocycles. The van der Waals surface area contributed by atoms with Gasteiger partial charge in [-0.2, -0.15) is 0 Å². The number of hydrogen-bond acceptors (Lipinski definition) is 1. The number of rotatable bonds is 0. The van der Waals surface area contributed by atoms with E-state index in [1.807, 2.05) is 13.8 Å². The van der Waals surface area contributed by atoms with Crippen molar-refractivity contribution in [2.45, 2.75) is 38.4 Å². The minimum Gasteiger partial charge on any atom is -0.353 e. The largest absolute Gasteiger partial charge is 0.353 e. The van der Waals surface area contributed by atoms with E-state index in [1.54, 1.807) is 0 Å². The molecule has 14 heavy (non-hydrogen) atoms. The van der Waals surface area contributed by atoms with Crippen LogP contribution in [0.4, 0.5) is 0 Å². The Bertz CT molecular complexity index is 259. The monoisotopic (exact) mass is 237 g/mol. The fourth-order valence-electron chi connectivity index (χ4n) is 2.11. The van der Waals surface area contributed by atoms with E-state index in [1.165, 1.54) is 0 Å². The maximum Gasteiger partial charge on any atom is 0.257 e. The lowest BCUT2D eigenvalue weighted by Crippen LogP contribution is -2.45. The van der Waals surface area contributed by atoms with Gasteiger partial charge < -0.3 is 5.32 Å². The molecule has 0 radical (unpaired) electrons. The maximum absolute atomic E-state index is 11.7. The number of alkyl halides is 2. The standard InChI is InChI=1S/C10H17Cl2NO/c1-8(2)5-9(3,4)10(11,12)7(14)13-6-8/h5-6H2,1-4H3,(H,13,14). The summed E-state index contributed by atoms with van der Waals surface area (Å²) in [4.78, 5) is 11.7. The molecule has 0 bridgehead atoms. The first-order valence-electron chi connectivity index (χ1n) is 4.75. The van der Waals surface area contributed by atoms with Crippen molar-refractivity contribution in [3.05, 3.63) is 0 Å². The molecule has 1 saturated heterocycles. The van der Waals surface area contributed by atoms with Gasteiger partial charge in [0.05, 0.1) is 0 Å². The first-order valence-corrected chi connectivity index (χ1v) is 5.50. The summed E-state index contributed by atoms with van der Waals surface area (Å²) in [5, 5.41) is 2.78. The Balaban J connectivity index is 3.07. The van der Waals surface area contributed by atoms with Crippen LogP contribution >= 0.6 is 23.2 Å². The highest BCUT2D eigenvalue weighted by molar-refractivity contribution is 6.58. The van der Waals surface area contributed by atoms with Gasteiger partial charge in [0.15, 0.2) is 0 Å². The molecule has 0 spiro atoms. The smallest absolute Gasteiger partial charge is 0.257 e. The van der Waals surface area contributed by atoms with Crippen LogP contribution in [0.1, 0.15) is 34.1 Å². The van der Waals surface area contributed by atoms with Crippen molar-refractivity contribution in [1.82, 2.24) is 5.32 Å². The zero-order chi connectivity index (χ0) is 11.2. The Morgan fingerprint density at radius 3 is 2.21 bits per heavy atom. The van der Waals surface area contributed by atoms with E-state index in [0.717, 1.165) is 6.42 Å². The van der Waals surface area contributed by atoms with Gasteiger partial charge in [-0.05, 0) is 11.8 Å². The zero-order valence-electron chi connectivity index (χ0n) is 9.08. The molecule has 0 unspecified atom stereocenters. The summed E-state index contributed by atoms with van der Waals surface area (Å²) < 4.78 is -1.33. The molecule has 0 aromatic heterocycles. The molecule has 1 amide bonds. The van der Waals surface area contributed by atoms with E-state index in [2.05, 4.69) is 19.2 Å². The lowest BCUT2D eigenvalue weighted by molar-refractivity contribution is -0.123. The van der Waals surface area contributed by atoms with E-state index in [-0.39, 0.29) is 11.3 Å². The number of nitrogens with one attached hydrogen (secondary N) is 1. The molecule has 0 aromatic rings. The average Bonchev–Trinajstić information content (AvgIpc) is 2.00. The number of hydrogen-bond donors (Lipinski definition) is 1. The van der Waals surface area contributed by atoms with Gasteiger partial charge in [-0.25, -0.2) is 0 Å². The van der Waals surface area contributed by atoms with E-state index in [0.29, 0.717) is 6.54 Å². The average molecular weight is 238 g/mol. The molecule has 1 heterocycles. The van der Waals surface area contributed by atoms with E-state index >= 15 is 0 Å². The maximum atomic E-state index is 11.7. The summed E-state index contributed by atoms with van der Waals surface area (Å²) in [5.74, 6) is -0.281. The van der Waals surface area contributed by atoms with Crippen LogP contribution in [0, 0.1) is 10.8 Å². The van der Waals surface area contributed by atoms with Crippen molar-refractivity contribution < 1.29 is 4.79 Å². The number of carbonyl (C=O) groups is 1. The van der Waals surface area contributed by atoms with Crippen LogP contribution in [0.5, 0.6) is 0 Å². The zero-order valence-corrected chi connectivity index (χ0v) is 10.6. The Labute approximate surface area is 95.3 Å². The summed E-state index contributed by atoms with van der Waals surface area (Å²) in [6, 6.07) is 0. The lowest BCUT2D eigenvalue weighted by atomic mass is 9.74. The Kier molecular flexibility index (Phi) is 2.84. The third-order valence-electron chi connectivity index (χ3n) is 2.78. The molecule has 1 fully saturated rings. The lowest BCUT2D eigenvalue weighted by Gasteiger charge is -2.37. The highest BCUT2D eigenvalue weighted by Crippen LogP contribution is 2.49. The summed E-state index contributed by atoms with van der Waals surface area (Å²) in [6.07, 6.45) is 0.811. The molecule has 2 nitrogen and oxygen atoms in total. The van der Waals surface area contributed by atoms with Crippen LogP contribution in [0.2, 0.25) is 0 Å². The van der Waals surface area contributed by atoms with Gasteiger partial charge in [-0.15, -0.1) is 0 Å². The molecular formula is C10H17Cl2NO. The molecule has 1 rings (SSSR count). The Morgan fingerprint density at radius 2 is 1.71 bits per heavy atom. The van der Waals surface area contributed by atoms with Crippen molar-refractivity contribution in [3.8, 4) is 0 Å². The Morgan fingerprint density at radius 1 is 1.21 bits per heavy atom. The van der Waals surface area contributed by atoms with Gasteiger partial charge in [-0.3, -0.25) is 4.79 Å². The minimum atomic E-state index is -1.33. The summed E-state index contributed by atoms with van der Waals surface area (Å²) in [6.45, 7) is 8.68. The predicted molar refractivity (Wildman–Crippen MR) is 59.6 cm³/mol. The molecule has 0 atom stereocenters. The molecule has 0 aliphatic carbocycles. The molecule has 1 N–H and O–H groups in total. The number of amides is 1. The van der Waals surface area contributed by atoms with E-state index in [4.69, 9.17) is 23.2 Å². The van der Waals surface area contributed by atoms with Crippen LogP contribution < -0.4 is 5.32 Å². The molecule has 1 aliphatic rings. The van der Waals surface area contributed by atoms with Gasteiger partial charge in [0.25, 0.3) is 5.91 Å². The van der Waals surface area contributed by atoms with Crippen molar-refractivity contribution in [2.75, 3.05) is 6.54 Å². The highest BCUT2D eigenvalue weighted by atomic mass is 35.5. The second-order valence-electron chi connectivity index (χ2n) is 5.48. The van der Waals surface area contributed by atoms with Crippen molar-refractivity contribution in [3.63, 3.8) is 0 Å². The fraction of sp³-hybridized carbons (Fsp3) is 0.900. The third kappa shape index (κ3) is 2.01. The Hall–Kier alpha value is 0.0500. The topological polar surface area (TPSA) is 29.1 Å². The summed E-state index contributed by atoms with van der Waals surface area (Å²) >= 11 is 12.2. The first kappa shape index (κ1) is 12.1. The van der Waals surface area contributed by atoms with Crippen molar-refractivity contribution in [2.24, 2.45) is 10.8 Å². The molecular weight excluding hydrogens is 221 g/mol. The second kappa shape index (κ2) is 3.28. The molecule has 4 heteroatoms. The summed E-state index contributed by atoms with van der Waals surface area (Å²) in [5.41, 5.74) is -0.384. The van der Waals surface area contributed by atoms with Gasteiger partial charge in [-0.1, -0.05) is 50.9 Å². The number of halogens is 2. The SMILES string of the molecule is CC1(C)CNC(=O)C(Cl)(Cl)C(C)(C)C1. The van der Waals surface area contributed by atoms with Crippen LogP contribution in [-0.4, -0.2) is 16.8 Å². The predicted octanol–water partition coefficient (Wildman–Crippen LogP) is 2.73. The number of carbonyl (C=O) groups excluding carboxylic acids is 1. The molecule has 0 saturated carbocycles. The van der Waals surface area contributed by atoms with Gasteiger partial charge in [0.1, 0.15) is 0 Å². The third-order valence-corrected chi connectivity index (χ3v) is 4.15. The fourth-order valence-corrected chi connectivity index (χ4v) is 2.38. The van der Waals surface area contributed by atoms with E-state index < -0.39 is 9.75 Å². The van der Waals surface area contributed by atoms with Gasteiger partial charge >= 0.3 is 0 Å². The minimum absolute atomic E-state index is 0.0324. The molecule has 82 valence electrons. The van der Waals surface area contributed by atoms with Crippen LogP contribution in [0.3, 0.4) is 0 Å². The van der Waals surface area contributed by atoms with Crippen LogP contribution in [0.25, 0.3) is 0 Å². The van der Waals surface area contributed by atoms with Crippen LogP contribution in [0.15, 0.2) is 0 Å². The van der Waals surface area contributed by atoms with Gasteiger partial charge in [0, 0.05) is 12.0 Å². The highest BCUT2D eigenvalue weighted by Gasteiger charge is 2.52. The summed E-state index contributed by atoms with van der Waals surface area (Å²) in [7, 11) is 0. The normalized spacial score (nSPS) is 29.1. The molecule has 0 aromatic carbocycles. The first-order chi connectivity index (χ1) is 6.08. The van der Waals surface area contributed by atoms with E-state index in [9.17, 15) is 4.79 Å². The quantitative estimate of drug-likeness (QED) is 0.646. The van der Waals surface area contributed by atoms with Gasteiger partial charge in [0.2, 0.25) is 4.33 Å². The van der Waals surface area contributed by atoms with Crippen molar-refractivity contribution >= 4 is 29.1 Å². The van der Waals surface area contributed by atoms with Crippen molar-refractivity contribution in [1.29, 1.82) is 0 Å². The van der Waals surface area contributed by atoms with Crippen LogP contribution in [-0.2, 0) is 4.79 Å².